The highest BCUT2D eigenvalue weighted by Gasteiger charge is 2.25. The largest absolute Gasteiger partial charge is 0.481 e. The molecular formula is C15H20N2O3S. The third-order valence-corrected chi connectivity index (χ3v) is 4.43. The van der Waals surface area contributed by atoms with Crippen molar-refractivity contribution < 1.29 is 14.7 Å². The third-order valence-electron chi connectivity index (χ3n) is 3.64. The Hall–Kier alpha value is -1.69. The van der Waals surface area contributed by atoms with Crippen LogP contribution in [0, 0.1) is 6.92 Å². The van der Waals surface area contributed by atoms with Crippen molar-refractivity contribution in [1.82, 2.24) is 9.88 Å². The highest BCUT2D eigenvalue weighted by molar-refractivity contribution is 7.09. The van der Waals surface area contributed by atoms with Crippen LogP contribution in [-0.4, -0.2) is 39.5 Å². The van der Waals surface area contributed by atoms with Crippen LogP contribution in [0.2, 0.25) is 0 Å². The van der Waals surface area contributed by atoms with Crippen molar-refractivity contribution >= 4 is 29.3 Å². The van der Waals surface area contributed by atoms with E-state index in [1.165, 1.54) is 0 Å². The van der Waals surface area contributed by atoms with Crippen molar-refractivity contribution in [3.05, 3.63) is 22.2 Å². The molecule has 0 unspecified atom stereocenters. The van der Waals surface area contributed by atoms with E-state index in [0.29, 0.717) is 13.0 Å². The summed E-state index contributed by atoms with van der Waals surface area (Å²) in [4.78, 5) is 29.1. The Morgan fingerprint density at radius 1 is 1.52 bits per heavy atom. The highest BCUT2D eigenvalue weighted by Crippen LogP contribution is 2.21. The van der Waals surface area contributed by atoms with Crippen molar-refractivity contribution in [3.8, 4) is 0 Å². The van der Waals surface area contributed by atoms with Gasteiger partial charge < -0.3 is 10.0 Å². The lowest BCUT2D eigenvalue weighted by Gasteiger charge is -2.35. The normalized spacial score (nSPS) is 19.1. The molecule has 1 atom stereocenters. The summed E-state index contributed by atoms with van der Waals surface area (Å²) < 4.78 is 0. The number of carbonyl (C=O) groups excluding carboxylic acids is 1. The van der Waals surface area contributed by atoms with Crippen LogP contribution in [0.3, 0.4) is 0 Å². The molecule has 1 aliphatic rings. The van der Waals surface area contributed by atoms with Gasteiger partial charge in [0.25, 0.3) is 0 Å². The molecule has 1 aromatic heterocycles. The Bertz CT molecular complexity index is 539. The number of likely N-dealkylation sites (tertiary alicyclic amines) is 1. The van der Waals surface area contributed by atoms with Gasteiger partial charge in [-0.3, -0.25) is 9.59 Å². The molecule has 0 radical (unpaired) electrons. The zero-order chi connectivity index (χ0) is 15.2. The molecule has 1 aromatic rings. The molecule has 1 aliphatic heterocycles. The smallest absolute Gasteiger partial charge is 0.303 e. The van der Waals surface area contributed by atoms with Crippen LogP contribution >= 0.6 is 11.3 Å². The van der Waals surface area contributed by atoms with Gasteiger partial charge in [-0.25, -0.2) is 4.98 Å². The average Bonchev–Trinajstić information content (AvgIpc) is 2.88. The first kappa shape index (κ1) is 15.7. The molecule has 0 aliphatic carbocycles. The van der Waals surface area contributed by atoms with Gasteiger partial charge in [-0.05, 0) is 38.7 Å². The first-order chi connectivity index (χ1) is 10.1. The standard InChI is InChI=1S/C15H20N2O3S/c1-11-16-12(10-21-11)5-7-14(18)17-9-3-2-4-13(17)6-8-15(19)20/h5,7,10,13H,2-4,6,8-9H2,1H3,(H,19,20)/b7-5+/t13-/m1/s1. The number of nitrogens with zero attached hydrogens (tertiary/aromatic N) is 2. The molecule has 21 heavy (non-hydrogen) atoms. The molecule has 2 rings (SSSR count). The maximum atomic E-state index is 12.3. The molecule has 6 heteroatoms. The molecule has 0 aromatic carbocycles. The fraction of sp³-hybridized carbons (Fsp3) is 0.533. The highest BCUT2D eigenvalue weighted by atomic mass is 32.1. The van der Waals surface area contributed by atoms with Gasteiger partial charge in [0.1, 0.15) is 0 Å². The fourth-order valence-corrected chi connectivity index (χ4v) is 3.17. The summed E-state index contributed by atoms with van der Waals surface area (Å²) >= 11 is 1.55. The fourth-order valence-electron chi connectivity index (χ4n) is 2.59. The van der Waals surface area contributed by atoms with E-state index in [-0.39, 0.29) is 18.4 Å². The average molecular weight is 308 g/mol. The predicted molar refractivity (Wildman–Crippen MR) is 82.1 cm³/mol. The van der Waals surface area contributed by atoms with Crippen LogP contribution in [0.4, 0.5) is 0 Å². The number of thiazole rings is 1. The minimum atomic E-state index is -0.804. The van der Waals surface area contributed by atoms with Crippen molar-refractivity contribution in [1.29, 1.82) is 0 Å². The summed E-state index contributed by atoms with van der Waals surface area (Å²) in [7, 11) is 0. The van der Waals surface area contributed by atoms with E-state index in [0.717, 1.165) is 30.0 Å². The Morgan fingerprint density at radius 2 is 2.33 bits per heavy atom. The van der Waals surface area contributed by atoms with E-state index in [2.05, 4.69) is 4.98 Å². The second-order valence-electron chi connectivity index (χ2n) is 5.24. The van der Waals surface area contributed by atoms with Gasteiger partial charge in [0, 0.05) is 30.5 Å². The summed E-state index contributed by atoms with van der Waals surface area (Å²) in [5.74, 6) is -0.850. The second kappa shape index (κ2) is 7.36. The lowest BCUT2D eigenvalue weighted by atomic mass is 9.98. The van der Waals surface area contributed by atoms with E-state index in [1.807, 2.05) is 17.2 Å². The SMILES string of the molecule is Cc1nc(/C=C/C(=O)N2CCCC[C@@H]2CCC(=O)O)cs1. The summed E-state index contributed by atoms with van der Waals surface area (Å²) in [6, 6.07) is 0.0455. The summed E-state index contributed by atoms with van der Waals surface area (Å²) in [5.41, 5.74) is 0.796. The number of aromatic nitrogens is 1. The Labute approximate surface area is 128 Å². The van der Waals surface area contributed by atoms with Crippen molar-refractivity contribution in [2.24, 2.45) is 0 Å². The third kappa shape index (κ3) is 4.67. The number of hydrogen-bond donors (Lipinski definition) is 1. The Morgan fingerprint density at radius 3 is 3.00 bits per heavy atom. The van der Waals surface area contributed by atoms with Gasteiger partial charge >= 0.3 is 5.97 Å². The predicted octanol–water partition coefficient (Wildman–Crippen LogP) is 2.71. The van der Waals surface area contributed by atoms with Crippen molar-refractivity contribution in [3.63, 3.8) is 0 Å². The van der Waals surface area contributed by atoms with Gasteiger partial charge in [-0.15, -0.1) is 11.3 Å². The zero-order valence-corrected chi connectivity index (χ0v) is 12.9. The van der Waals surface area contributed by atoms with Crippen LogP contribution in [0.5, 0.6) is 0 Å². The minimum absolute atomic E-state index is 0.0455. The van der Waals surface area contributed by atoms with Crippen molar-refractivity contribution in [2.45, 2.75) is 45.1 Å². The lowest BCUT2D eigenvalue weighted by molar-refractivity contribution is -0.138. The summed E-state index contributed by atoms with van der Waals surface area (Å²) in [5, 5.41) is 11.7. The molecule has 0 bridgehead atoms. The molecule has 0 saturated carbocycles. The second-order valence-corrected chi connectivity index (χ2v) is 6.30. The molecule has 1 fully saturated rings. The van der Waals surface area contributed by atoms with Crippen LogP contribution < -0.4 is 0 Å². The zero-order valence-electron chi connectivity index (χ0n) is 12.1. The lowest BCUT2D eigenvalue weighted by Crippen LogP contribution is -2.43. The van der Waals surface area contributed by atoms with Crippen LogP contribution in [-0.2, 0) is 9.59 Å². The molecule has 0 spiro atoms. The van der Waals surface area contributed by atoms with E-state index in [4.69, 9.17) is 5.11 Å². The molecule has 5 nitrogen and oxygen atoms in total. The van der Waals surface area contributed by atoms with Gasteiger partial charge in [0.2, 0.25) is 5.91 Å². The topological polar surface area (TPSA) is 70.5 Å². The number of amides is 1. The molecular weight excluding hydrogens is 288 g/mol. The number of carboxylic acid groups (broad SMARTS) is 1. The number of aryl methyl sites for hydroxylation is 1. The van der Waals surface area contributed by atoms with E-state index >= 15 is 0 Å². The van der Waals surface area contributed by atoms with Crippen LogP contribution in [0.1, 0.15) is 42.8 Å². The van der Waals surface area contributed by atoms with Crippen LogP contribution in [0.25, 0.3) is 6.08 Å². The monoisotopic (exact) mass is 308 g/mol. The van der Waals surface area contributed by atoms with Gasteiger partial charge in [-0.1, -0.05) is 0 Å². The van der Waals surface area contributed by atoms with E-state index < -0.39 is 5.97 Å². The van der Waals surface area contributed by atoms with Gasteiger partial charge in [0.15, 0.2) is 0 Å². The maximum absolute atomic E-state index is 12.3. The molecule has 114 valence electrons. The number of rotatable bonds is 5. The molecule has 1 amide bonds. The number of aliphatic carboxylic acids is 1. The molecule has 1 N–H and O–H groups in total. The number of carboxylic acids is 1. The quantitative estimate of drug-likeness (QED) is 0.849. The van der Waals surface area contributed by atoms with E-state index in [9.17, 15) is 9.59 Å². The molecule has 2 heterocycles. The van der Waals surface area contributed by atoms with Gasteiger partial charge in [0.05, 0.1) is 10.7 Å². The minimum Gasteiger partial charge on any atom is -0.481 e. The maximum Gasteiger partial charge on any atom is 0.303 e. The Balaban J connectivity index is 1.97. The van der Waals surface area contributed by atoms with Crippen LogP contribution in [0.15, 0.2) is 11.5 Å². The van der Waals surface area contributed by atoms with E-state index in [1.54, 1.807) is 23.5 Å². The summed E-state index contributed by atoms with van der Waals surface area (Å²) in [6.07, 6.45) is 6.86. The number of hydrogen-bond acceptors (Lipinski definition) is 4. The van der Waals surface area contributed by atoms with Gasteiger partial charge in [-0.2, -0.15) is 0 Å². The number of piperidine rings is 1. The van der Waals surface area contributed by atoms with Crippen molar-refractivity contribution in [2.75, 3.05) is 6.54 Å². The summed E-state index contributed by atoms with van der Waals surface area (Å²) in [6.45, 7) is 2.64. The first-order valence-corrected chi connectivity index (χ1v) is 8.07. The first-order valence-electron chi connectivity index (χ1n) is 7.19. The Kier molecular flexibility index (Phi) is 5.50. The number of carbonyl (C=O) groups is 2. The molecule has 1 saturated heterocycles.